The summed E-state index contributed by atoms with van der Waals surface area (Å²) in [6.45, 7) is 3.72. The van der Waals surface area contributed by atoms with Crippen molar-refractivity contribution in [2.75, 3.05) is 26.9 Å². The van der Waals surface area contributed by atoms with E-state index in [0.717, 1.165) is 12.1 Å². The third-order valence-electron chi connectivity index (χ3n) is 3.94. The van der Waals surface area contributed by atoms with Crippen LogP contribution in [-0.2, 0) is 14.3 Å². The molecular formula is C17H20F2N2O4. The SMILES string of the molecule is CCN1C(=O)N[C@H](c2c(F)cccc2F)C(C(=O)OCCOC)=C1C. The molecule has 25 heavy (non-hydrogen) atoms. The van der Waals surface area contributed by atoms with Crippen molar-refractivity contribution >= 4 is 12.0 Å². The first-order valence-corrected chi connectivity index (χ1v) is 7.81. The minimum atomic E-state index is -1.27. The first-order chi connectivity index (χ1) is 11.9. The minimum Gasteiger partial charge on any atom is -0.460 e. The smallest absolute Gasteiger partial charge is 0.338 e. The van der Waals surface area contributed by atoms with Crippen LogP contribution in [0.3, 0.4) is 0 Å². The summed E-state index contributed by atoms with van der Waals surface area (Å²) in [6, 6.07) is 1.54. The first kappa shape index (κ1) is 18.9. The predicted octanol–water partition coefficient (Wildman–Crippen LogP) is 2.51. The fourth-order valence-corrected chi connectivity index (χ4v) is 2.72. The Bertz CT molecular complexity index is 686. The van der Waals surface area contributed by atoms with Gasteiger partial charge in [0.1, 0.15) is 18.2 Å². The molecule has 0 fully saturated rings. The Balaban J connectivity index is 2.50. The molecule has 2 amide bonds. The number of nitrogens with one attached hydrogen (secondary N) is 1. The van der Waals surface area contributed by atoms with Crippen LogP contribution in [0.25, 0.3) is 0 Å². The second kappa shape index (κ2) is 8.06. The lowest BCUT2D eigenvalue weighted by Gasteiger charge is -2.35. The van der Waals surface area contributed by atoms with Gasteiger partial charge in [-0.2, -0.15) is 0 Å². The Morgan fingerprint density at radius 2 is 1.92 bits per heavy atom. The molecule has 0 spiro atoms. The van der Waals surface area contributed by atoms with Gasteiger partial charge in [-0.15, -0.1) is 0 Å². The number of amides is 2. The molecule has 136 valence electrons. The maximum atomic E-state index is 14.2. The highest BCUT2D eigenvalue weighted by molar-refractivity contribution is 5.95. The number of carbonyl (C=O) groups excluding carboxylic acids is 2. The predicted molar refractivity (Wildman–Crippen MR) is 85.5 cm³/mol. The quantitative estimate of drug-likeness (QED) is 0.630. The van der Waals surface area contributed by atoms with Crippen LogP contribution in [0.15, 0.2) is 29.5 Å². The number of urea groups is 1. The molecule has 0 bridgehead atoms. The van der Waals surface area contributed by atoms with Crippen molar-refractivity contribution in [1.82, 2.24) is 10.2 Å². The van der Waals surface area contributed by atoms with Gasteiger partial charge in [-0.1, -0.05) is 6.07 Å². The van der Waals surface area contributed by atoms with Gasteiger partial charge in [0.2, 0.25) is 0 Å². The Morgan fingerprint density at radius 3 is 2.48 bits per heavy atom. The van der Waals surface area contributed by atoms with E-state index < -0.39 is 35.2 Å². The van der Waals surface area contributed by atoms with Crippen LogP contribution >= 0.6 is 0 Å². The molecule has 1 heterocycles. The average Bonchev–Trinajstić information content (AvgIpc) is 2.55. The monoisotopic (exact) mass is 354 g/mol. The van der Waals surface area contributed by atoms with Crippen LogP contribution < -0.4 is 5.32 Å². The largest absolute Gasteiger partial charge is 0.460 e. The third-order valence-corrected chi connectivity index (χ3v) is 3.94. The van der Waals surface area contributed by atoms with Crippen LogP contribution in [-0.4, -0.2) is 43.8 Å². The summed E-state index contributed by atoms with van der Waals surface area (Å²) >= 11 is 0. The lowest BCUT2D eigenvalue weighted by atomic mass is 9.94. The first-order valence-electron chi connectivity index (χ1n) is 7.81. The number of hydrogen-bond donors (Lipinski definition) is 1. The lowest BCUT2D eigenvalue weighted by molar-refractivity contribution is -0.140. The van der Waals surface area contributed by atoms with Crippen molar-refractivity contribution in [1.29, 1.82) is 0 Å². The molecule has 1 aromatic rings. The molecule has 0 unspecified atom stereocenters. The van der Waals surface area contributed by atoms with Crippen molar-refractivity contribution in [2.24, 2.45) is 0 Å². The van der Waals surface area contributed by atoms with Crippen molar-refractivity contribution in [3.05, 3.63) is 46.7 Å². The summed E-state index contributed by atoms with van der Waals surface area (Å²) < 4.78 is 38.4. The summed E-state index contributed by atoms with van der Waals surface area (Å²) in [5.74, 6) is -2.48. The van der Waals surface area contributed by atoms with Crippen molar-refractivity contribution < 1.29 is 27.8 Å². The van der Waals surface area contributed by atoms with Crippen molar-refractivity contribution in [3.63, 3.8) is 0 Å². The number of nitrogens with zero attached hydrogens (tertiary/aromatic N) is 1. The van der Waals surface area contributed by atoms with E-state index >= 15 is 0 Å². The fraction of sp³-hybridized carbons (Fsp3) is 0.412. The highest BCUT2D eigenvalue weighted by atomic mass is 19.1. The van der Waals surface area contributed by atoms with Crippen molar-refractivity contribution in [3.8, 4) is 0 Å². The number of esters is 1. The van der Waals surface area contributed by atoms with Gasteiger partial charge in [-0.3, -0.25) is 4.90 Å². The molecule has 8 heteroatoms. The van der Waals surface area contributed by atoms with E-state index in [2.05, 4.69) is 5.32 Å². The second-order valence-electron chi connectivity index (χ2n) is 5.39. The number of hydrogen-bond acceptors (Lipinski definition) is 4. The Morgan fingerprint density at radius 1 is 1.28 bits per heavy atom. The van der Waals surface area contributed by atoms with Crippen LogP contribution in [0.1, 0.15) is 25.5 Å². The normalized spacial score (nSPS) is 17.6. The molecule has 1 aliphatic rings. The van der Waals surface area contributed by atoms with Gasteiger partial charge < -0.3 is 14.8 Å². The fourth-order valence-electron chi connectivity index (χ4n) is 2.72. The second-order valence-corrected chi connectivity index (χ2v) is 5.39. The Labute approximate surface area is 144 Å². The molecule has 1 aromatic carbocycles. The van der Waals surface area contributed by atoms with Gasteiger partial charge in [0, 0.05) is 19.4 Å². The molecule has 0 aliphatic carbocycles. The zero-order chi connectivity index (χ0) is 18.6. The van der Waals surface area contributed by atoms with Gasteiger partial charge in [-0.25, -0.2) is 18.4 Å². The number of methoxy groups -OCH3 is 1. The topological polar surface area (TPSA) is 67.9 Å². The summed E-state index contributed by atoms with van der Waals surface area (Å²) in [5.41, 5.74) is -0.118. The van der Waals surface area contributed by atoms with E-state index in [4.69, 9.17) is 9.47 Å². The molecule has 0 aromatic heterocycles. The number of halogens is 2. The number of rotatable bonds is 6. The zero-order valence-corrected chi connectivity index (χ0v) is 14.3. The minimum absolute atomic E-state index is 0.0125. The maximum absolute atomic E-state index is 14.2. The molecule has 2 rings (SSSR count). The third kappa shape index (κ3) is 3.79. The molecule has 6 nitrogen and oxygen atoms in total. The van der Waals surface area contributed by atoms with Gasteiger partial charge in [0.25, 0.3) is 0 Å². The van der Waals surface area contributed by atoms with Gasteiger partial charge in [0.15, 0.2) is 0 Å². The average molecular weight is 354 g/mol. The highest BCUT2D eigenvalue weighted by Crippen LogP contribution is 2.33. The number of carbonyl (C=O) groups is 2. The Hall–Kier alpha value is -2.48. The summed E-state index contributed by atoms with van der Waals surface area (Å²) in [5, 5.41) is 2.48. The van der Waals surface area contributed by atoms with E-state index in [1.807, 2.05) is 0 Å². The lowest BCUT2D eigenvalue weighted by Crippen LogP contribution is -2.48. The molecule has 0 saturated carbocycles. The zero-order valence-electron chi connectivity index (χ0n) is 14.3. The molecule has 1 atom stereocenters. The van der Waals surface area contributed by atoms with Crippen LogP contribution in [0, 0.1) is 11.6 Å². The summed E-state index contributed by atoms with van der Waals surface area (Å²) in [6.07, 6.45) is 0. The van der Waals surface area contributed by atoms with Gasteiger partial charge in [-0.05, 0) is 26.0 Å². The van der Waals surface area contributed by atoms with Crippen LogP contribution in [0.4, 0.5) is 13.6 Å². The van der Waals surface area contributed by atoms with E-state index in [0.29, 0.717) is 12.2 Å². The Kier molecular flexibility index (Phi) is 6.08. The molecule has 1 aliphatic heterocycles. The molecule has 0 radical (unpaired) electrons. The molecule has 0 saturated heterocycles. The highest BCUT2D eigenvalue weighted by Gasteiger charge is 2.38. The summed E-state index contributed by atoms with van der Waals surface area (Å²) in [4.78, 5) is 26.0. The van der Waals surface area contributed by atoms with E-state index in [9.17, 15) is 18.4 Å². The molecular weight excluding hydrogens is 334 g/mol. The summed E-state index contributed by atoms with van der Waals surface area (Å²) in [7, 11) is 1.45. The number of benzene rings is 1. The number of ether oxygens (including phenoxy) is 2. The van der Waals surface area contributed by atoms with Crippen LogP contribution in [0.2, 0.25) is 0 Å². The van der Waals surface area contributed by atoms with E-state index in [1.165, 1.54) is 18.1 Å². The molecule has 1 N–H and O–H groups in total. The standard InChI is InChI=1S/C17H20F2N2O4/c1-4-21-10(2)13(16(22)25-9-8-24-3)15(20-17(21)23)14-11(18)6-5-7-12(14)19/h5-7,15H,4,8-9H2,1-3H3,(H,20,23)/t15-/m0/s1. The van der Waals surface area contributed by atoms with Crippen LogP contribution in [0.5, 0.6) is 0 Å². The number of allylic oxidation sites excluding steroid dienone is 1. The maximum Gasteiger partial charge on any atom is 0.338 e. The van der Waals surface area contributed by atoms with E-state index in [1.54, 1.807) is 13.8 Å². The van der Waals surface area contributed by atoms with Gasteiger partial charge >= 0.3 is 12.0 Å². The van der Waals surface area contributed by atoms with E-state index in [-0.39, 0.29) is 18.8 Å². The van der Waals surface area contributed by atoms with Crippen molar-refractivity contribution in [2.45, 2.75) is 19.9 Å². The van der Waals surface area contributed by atoms with Gasteiger partial charge in [0.05, 0.1) is 23.8 Å².